The normalized spacial score (nSPS) is 19.4. The van der Waals surface area contributed by atoms with Crippen molar-refractivity contribution in [2.75, 3.05) is 0 Å². The van der Waals surface area contributed by atoms with Crippen molar-refractivity contribution < 1.29 is 0 Å². The van der Waals surface area contributed by atoms with Gasteiger partial charge in [-0.15, -0.1) is 0 Å². The van der Waals surface area contributed by atoms with Gasteiger partial charge in [0, 0.05) is 11.1 Å². The van der Waals surface area contributed by atoms with Crippen molar-refractivity contribution in [1.29, 1.82) is 0 Å². The molecule has 2 heteroatoms. The van der Waals surface area contributed by atoms with Crippen LogP contribution in [0.4, 0.5) is 0 Å². The van der Waals surface area contributed by atoms with E-state index in [4.69, 9.17) is 17.3 Å². The minimum atomic E-state index is 0.300. The molecule has 0 aromatic heterocycles. The van der Waals surface area contributed by atoms with Crippen LogP contribution in [0.5, 0.6) is 0 Å². The molecule has 1 unspecified atom stereocenters. The van der Waals surface area contributed by atoms with Crippen LogP contribution in [0, 0.1) is 5.92 Å². The Balaban J connectivity index is 1.80. The molecule has 1 aliphatic carbocycles. The smallest absolute Gasteiger partial charge is 0.0406 e. The molecule has 1 aliphatic rings. The molecule has 0 bridgehead atoms. The Kier molecular flexibility index (Phi) is 5.52. The van der Waals surface area contributed by atoms with E-state index in [9.17, 15) is 0 Å². The highest BCUT2D eigenvalue weighted by Gasteiger charge is 2.16. The highest BCUT2D eigenvalue weighted by molar-refractivity contribution is 6.30. The summed E-state index contributed by atoms with van der Waals surface area (Å²) in [6, 6.07) is 8.39. The van der Waals surface area contributed by atoms with Crippen molar-refractivity contribution in [3.63, 3.8) is 0 Å². The highest BCUT2D eigenvalue weighted by atomic mass is 35.5. The first-order valence-corrected chi connectivity index (χ1v) is 7.62. The molecule has 0 heterocycles. The third kappa shape index (κ3) is 4.62. The van der Waals surface area contributed by atoms with Crippen LogP contribution in [0.15, 0.2) is 24.3 Å². The van der Waals surface area contributed by atoms with Gasteiger partial charge in [-0.1, -0.05) is 62.3 Å². The minimum absolute atomic E-state index is 0.300. The van der Waals surface area contributed by atoms with E-state index < -0.39 is 0 Å². The number of hydrogen-bond acceptors (Lipinski definition) is 1. The number of hydrogen-bond donors (Lipinski definition) is 1. The van der Waals surface area contributed by atoms with Gasteiger partial charge in [0.25, 0.3) is 0 Å². The predicted molar refractivity (Wildman–Crippen MR) is 78.9 cm³/mol. The Morgan fingerprint density at radius 3 is 2.28 bits per heavy atom. The maximum atomic E-state index is 6.29. The van der Waals surface area contributed by atoms with Crippen molar-refractivity contribution in [1.82, 2.24) is 0 Å². The molecule has 1 fully saturated rings. The second-order valence-electron chi connectivity index (χ2n) is 5.68. The fourth-order valence-corrected chi connectivity index (χ4v) is 3.16. The van der Waals surface area contributed by atoms with E-state index in [1.165, 1.54) is 50.5 Å². The summed E-state index contributed by atoms with van der Waals surface area (Å²) in [6.45, 7) is 0. The fourth-order valence-electron chi connectivity index (χ4n) is 3.03. The van der Waals surface area contributed by atoms with Crippen LogP contribution in [0.3, 0.4) is 0 Å². The van der Waals surface area contributed by atoms with E-state index in [0.29, 0.717) is 6.04 Å². The molecular formula is C16H24ClN. The zero-order valence-corrected chi connectivity index (χ0v) is 11.8. The van der Waals surface area contributed by atoms with Crippen LogP contribution < -0.4 is 5.73 Å². The Bertz CT molecular complexity index is 339. The van der Waals surface area contributed by atoms with E-state index in [1.54, 1.807) is 0 Å². The lowest BCUT2D eigenvalue weighted by Gasteiger charge is -2.19. The molecule has 0 amide bonds. The largest absolute Gasteiger partial charge is 0.327 e. The quantitative estimate of drug-likeness (QED) is 0.793. The second kappa shape index (κ2) is 7.16. The van der Waals surface area contributed by atoms with Gasteiger partial charge in [0.2, 0.25) is 0 Å². The van der Waals surface area contributed by atoms with Gasteiger partial charge in [0.1, 0.15) is 0 Å². The molecule has 0 spiro atoms. The fraction of sp³-hybridized carbons (Fsp3) is 0.625. The average Bonchev–Trinajstić information content (AvgIpc) is 2.61. The Hall–Kier alpha value is -0.530. The summed E-state index contributed by atoms with van der Waals surface area (Å²) >= 11 is 5.89. The number of benzene rings is 1. The van der Waals surface area contributed by atoms with Crippen LogP contribution in [0.25, 0.3) is 0 Å². The van der Waals surface area contributed by atoms with Gasteiger partial charge in [0.05, 0.1) is 0 Å². The van der Waals surface area contributed by atoms with Gasteiger partial charge < -0.3 is 5.73 Å². The standard InChI is InChI=1S/C16H24ClN/c17-15-9-7-14(8-10-15)12-16(18)11-13-5-3-1-2-4-6-13/h7-10,13,16H,1-6,11-12,18H2. The SMILES string of the molecule is NC(Cc1ccc(Cl)cc1)CC1CCCCCC1. The molecule has 100 valence electrons. The number of halogens is 1. The molecule has 1 saturated carbocycles. The van der Waals surface area contributed by atoms with E-state index in [-0.39, 0.29) is 0 Å². The summed E-state index contributed by atoms with van der Waals surface area (Å²) in [5, 5.41) is 0.802. The average molecular weight is 266 g/mol. The van der Waals surface area contributed by atoms with E-state index in [1.807, 2.05) is 12.1 Å². The molecule has 1 nitrogen and oxygen atoms in total. The minimum Gasteiger partial charge on any atom is -0.327 e. The highest BCUT2D eigenvalue weighted by Crippen LogP contribution is 2.26. The van der Waals surface area contributed by atoms with E-state index in [2.05, 4.69) is 12.1 Å². The van der Waals surface area contributed by atoms with Crippen LogP contribution in [0.2, 0.25) is 5.02 Å². The van der Waals surface area contributed by atoms with Crippen molar-refractivity contribution in [3.8, 4) is 0 Å². The van der Waals surface area contributed by atoms with E-state index >= 15 is 0 Å². The van der Waals surface area contributed by atoms with Crippen LogP contribution in [-0.2, 0) is 6.42 Å². The summed E-state index contributed by atoms with van der Waals surface area (Å²) in [5.41, 5.74) is 7.60. The number of rotatable bonds is 4. The summed E-state index contributed by atoms with van der Waals surface area (Å²) in [4.78, 5) is 0. The van der Waals surface area contributed by atoms with Gasteiger partial charge in [-0.2, -0.15) is 0 Å². The first kappa shape index (κ1) is 13.9. The van der Waals surface area contributed by atoms with Crippen molar-refractivity contribution in [3.05, 3.63) is 34.9 Å². The lowest BCUT2D eigenvalue weighted by Crippen LogP contribution is -2.26. The topological polar surface area (TPSA) is 26.0 Å². The molecule has 1 aromatic carbocycles. The van der Waals surface area contributed by atoms with Gasteiger partial charge in [-0.3, -0.25) is 0 Å². The summed E-state index contributed by atoms with van der Waals surface area (Å²) < 4.78 is 0. The molecule has 2 N–H and O–H groups in total. The maximum Gasteiger partial charge on any atom is 0.0406 e. The Morgan fingerprint density at radius 2 is 1.67 bits per heavy atom. The van der Waals surface area contributed by atoms with Crippen LogP contribution >= 0.6 is 11.6 Å². The molecule has 1 aromatic rings. The van der Waals surface area contributed by atoms with Crippen molar-refractivity contribution >= 4 is 11.6 Å². The van der Waals surface area contributed by atoms with Gasteiger partial charge in [-0.05, 0) is 36.5 Å². The molecule has 2 rings (SSSR count). The summed E-state index contributed by atoms with van der Waals surface area (Å²) in [6.07, 6.45) is 10.6. The molecule has 18 heavy (non-hydrogen) atoms. The molecule has 0 aliphatic heterocycles. The third-order valence-electron chi connectivity index (χ3n) is 4.02. The Morgan fingerprint density at radius 1 is 1.06 bits per heavy atom. The maximum absolute atomic E-state index is 6.29. The molecular weight excluding hydrogens is 242 g/mol. The first-order chi connectivity index (χ1) is 8.74. The lowest BCUT2D eigenvalue weighted by atomic mass is 9.90. The Labute approximate surface area is 116 Å². The summed E-state index contributed by atoms with van der Waals surface area (Å²) in [7, 11) is 0. The predicted octanol–water partition coefficient (Wildman–Crippen LogP) is 4.57. The molecule has 0 saturated heterocycles. The first-order valence-electron chi connectivity index (χ1n) is 7.24. The lowest BCUT2D eigenvalue weighted by molar-refractivity contribution is 0.387. The number of nitrogens with two attached hydrogens (primary N) is 1. The van der Waals surface area contributed by atoms with Gasteiger partial charge in [-0.25, -0.2) is 0 Å². The van der Waals surface area contributed by atoms with Crippen LogP contribution in [0.1, 0.15) is 50.5 Å². The molecule has 0 radical (unpaired) electrons. The van der Waals surface area contributed by atoms with E-state index in [0.717, 1.165) is 17.4 Å². The van der Waals surface area contributed by atoms with Crippen molar-refractivity contribution in [2.24, 2.45) is 11.7 Å². The zero-order chi connectivity index (χ0) is 12.8. The van der Waals surface area contributed by atoms with Crippen molar-refractivity contribution in [2.45, 2.75) is 57.4 Å². The monoisotopic (exact) mass is 265 g/mol. The van der Waals surface area contributed by atoms with Gasteiger partial charge in [0.15, 0.2) is 0 Å². The third-order valence-corrected chi connectivity index (χ3v) is 4.27. The molecule has 1 atom stereocenters. The zero-order valence-electron chi connectivity index (χ0n) is 11.1. The second-order valence-corrected chi connectivity index (χ2v) is 6.12. The van der Waals surface area contributed by atoms with Gasteiger partial charge >= 0.3 is 0 Å². The summed E-state index contributed by atoms with van der Waals surface area (Å²) in [5.74, 6) is 0.856. The van der Waals surface area contributed by atoms with Crippen LogP contribution in [-0.4, -0.2) is 6.04 Å².